The van der Waals surface area contributed by atoms with Crippen molar-refractivity contribution >= 4 is 46.3 Å². The lowest BCUT2D eigenvalue weighted by atomic mass is 10.1. The maximum atomic E-state index is 13.3. The number of thioether (sulfide) groups is 1. The molecule has 1 aliphatic rings. The molecule has 3 aromatic carbocycles. The standard InChI is InChI=1S/C24H17ClFNO4S/c1-30-21-12-15(5-10-20(21)31-14-16-3-2-4-18(26)11-16)13-22-23(28)27(24(29)32-22)19-8-6-17(25)7-9-19/h2-13H,14H2,1H3. The Labute approximate surface area is 193 Å². The van der Waals surface area contributed by atoms with Crippen LogP contribution in [-0.4, -0.2) is 18.3 Å². The minimum absolute atomic E-state index is 0.174. The number of hydrogen-bond acceptors (Lipinski definition) is 5. The average Bonchev–Trinajstić information content (AvgIpc) is 3.06. The first-order valence-electron chi connectivity index (χ1n) is 9.53. The monoisotopic (exact) mass is 469 g/mol. The largest absolute Gasteiger partial charge is 0.493 e. The number of methoxy groups -OCH3 is 1. The zero-order valence-corrected chi connectivity index (χ0v) is 18.5. The highest BCUT2D eigenvalue weighted by Crippen LogP contribution is 2.37. The average molecular weight is 470 g/mol. The van der Waals surface area contributed by atoms with Crippen molar-refractivity contribution in [2.45, 2.75) is 6.61 Å². The summed E-state index contributed by atoms with van der Waals surface area (Å²) in [4.78, 5) is 26.6. The Morgan fingerprint density at radius 1 is 1.03 bits per heavy atom. The van der Waals surface area contributed by atoms with Crippen molar-refractivity contribution in [2.24, 2.45) is 0 Å². The third-order valence-electron chi connectivity index (χ3n) is 4.65. The van der Waals surface area contributed by atoms with E-state index in [1.807, 2.05) is 0 Å². The quantitative estimate of drug-likeness (QED) is 0.396. The van der Waals surface area contributed by atoms with Gasteiger partial charge >= 0.3 is 0 Å². The molecular formula is C24H17ClFNO4S. The second kappa shape index (κ2) is 9.46. The molecule has 1 aliphatic heterocycles. The molecule has 3 aromatic rings. The Kier molecular flexibility index (Phi) is 6.48. The molecule has 1 saturated heterocycles. The third-order valence-corrected chi connectivity index (χ3v) is 5.77. The number of ether oxygens (including phenoxy) is 2. The van der Waals surface area contributed by atoms with Crippen LogP contribution < -0.4 is 14.4 Å². The van der Waals surface area contributed by atoms with E-state index in [2.05, 4.69) is 0 Å². The number of hydrogen-bond donors (Lipinski definition) is 0. The second-order valence-electron chi connectivity index (χ2n) is 6.82. The van der Waals surface area contributed by atoms with Gasteiger partial charge < -0.3 is 9.47 Å². The van der Waals surface area contributed by atoms with Gasteiger partial charge in [-0.2, -0.15) is 0 Å². The van der Waals surface area contributed by atoms with E-state index in [0.29, 0.717) is 38.2 Å². The molecule has 1 heterocycles. The van der Waals surface area contributed by atoms with Crippen LogP contribution >= 0.6 is 23.4 Å². The molecule has 0 aliphatic carbocycles. The fourth-order valence-electron chi connectivity index (χ4n) is 3.11. The summed E-state index contributed by atoms with van der Waals surface area (Å²) in [7, 11) is 1.50. The van der Waals surface area contributed by atoms with Crippen LogP contribution in [0.25, 0.3) is 6.08 Å². The lowest BCUT2D eigenvalue weighted by Crippen LogP contribution is -2.27. The van der Waals surface area contributed by atoms with E-state index < -0.39 is 5.91 Å². The highest BCUT2D eigenvalue weighted by Gasteiger charge is 2.36. The third kappa shape index (κ3) is 4.79. The molecule has 0 radical (unpaired) electrons. The summed E-state index contributed by atoms with van der Waals surface area (Å²) in [5.41, 5.74) is 1.81. The topological polar surface area (TPSA) is 55.8 Å². The van der Waals surface area contributed by atoms with Crippen LogP contribution in [0.3, 0.4) is 0 Å². The molecular weight excluding hydrogens is 453 g/mol. The zero-order valence-electron chi connectivity index (χ0n) is 16.9. The number of carbonyl (C=O) groups excluding carboxylic acids is 2. The highest BCUT2D eigenvalue weighted by atomic mass is 35.5. The van der Waals surface area contributed by atoms with Gasteiger partial charge in [0, 0.05) is 5.02 Å². The first-order chi connectivity index (χ1) is 15.4. The Morgan fingerprint density at radius 3 is 2.53 bits per heavy atom. The minimum atomic E-state index is -0.410. The van der Waals surface area contributed by atoms with Crippen molar-refractivity contribution in [3.8, 4) is 11.5 Å². The van der Waals surface area contributed by atoms with Crippen molar-refractivity contribution < 1.29 is 23.5 Å². The summed E-state index contributed by atoms with van der Waals surface area (Å²) in [6.07, 6.45) is 1.62. The summed E-state index contributed by atoms with van der Waals surface area (Å²) in [6, 6.07) is 17.8. The van der Waals surface area contributed by atoms with E-state index >= 15 is 0 Å². The Hall–Kier alpha value is -3.29. The van der Waals surface area contributed by atoms with Crippen molar-refractivity contribution in [1.82, 2.24) is 0 Å². The van der Waals surface area contributed by atoms with Crippen LogP contribution in [0.5, 0.6) is 11.5 Å². The Balaban J connectivity index is 1.53. The molecule has 162 valence electrons. The van der Waals surface area contributed by atoms with Crippen LogP contribution in [0.15, 0.2) is 71.6 Å². The molecule has 0 saturated carbocycles. The van der Waals surface area contributed by atoms with Crippen LogP contribution in [0, 0.1) is 5.82 Å². The summed E-state index contributed by atoms with van der Waals surface area (Å²) in [5, 5.41) is 0.133. The number of carbonyl (C=O) groups is 2. The van der Waals surface area contributed by atoms with Gasteiger partial charge in [0.2, 0.25) is 0 Å². The fourth-order valence-corrected chi connectivity index (χ4v) is 4.08. The van der Waals surface area contributed by atoms with Gasteiger partial charge in [-0.3, -0.25) is 9.59 Å². The van der Waals surface area contributed by atoms with E-state index in [1.54, 1.807) is 60.7 Å². The molecule has 0 unspecified atom stereocenters. The number of amides is 2. The van der Waals surface area contributed by atoms with Crippen molar-refractivity contribution in [3.05, 3.63) is 93.6 Å². The van der Waals surface area contributed by atoms with Gasteiger partial charge in [0.1, 0.15) is 12.4 Å². The molecule has 1 fully saturated rings. The molecule has 5 nitrogen and oxygen atoms in total. The van der Waals surface area contributed by atoms with Crippen LogP contribution in [0.4, 0.5) is 14.9 Å². The number of nitrogens with zero attached hydrogens (tertiary/aromatic N) is 1. The van der Waals surface area contributed by atoms with Gasteiger partial charge in [0.15, 0.2) is 11.5 Å². The molecule has 0 bridgehead atoms. The number of benzene rings is 3. The van der Waals surface area contributed by atoms with E-state index in [1.165, 1.54) is 19.2 Å². The van der Waals surface area contributed by atoms with Crippen molar-refractivity contribution in [2.75, 3.05) is 12.0 Å². The van der Waals surface area contributed by atoms with Gasteiger partial charge in [0.05, 0.1) is 17.7 Å². The van der Waals surface area contributed by atoms with Crippen LogP contribution in [-0.2, 0) is 11.4 Å². The predicted octanol–water partition coefficient (Wildman–Crippen LogP) is 6.31. The minimum Gasteiger partial charge on any atom is -0.493 e. The lowest BCUT2D eigenvalue weighted by molar-refractivity contribution is -0.113. The first-order valence-corrected chi connectivity index (χ1v) is 10.7. The number of anilines is 1. The highest BCUT2D eigenvalue weighted by molar-refractivity contribution is 8.19. The summed E-state index contributed by atoms with van der Waals surface area (Å²) in [5.74, 6) is 0.184. The summed E-state index contributed by atoms with van der Waals surface area (Å²) >= 11 is 6.75. The maximum Gasteiger partial charge on any atom is 0.298 e. The Bertz CT molecular complexity index is 1210. The Morgan fingerprint density at radius 2 is 1.81 bits per heavy atom. The van der Waals surface area contributed by atoms with Gasteiger partial charge in [-0.25, -0.2) is 9.29 Å². The molecule has 2 amide bonds. The van der Waals surface area contributed by atoms with Gasteiger partial charge in [-0.15, -0.1) is 0 Å². The van der Waals surface area contributed by atoms with Crippen molar-refractivity contribution in [1.29, 1.82) is 0 Å². The van der Waals surface area contributed by atoms with E-state index in [-0.39, 0.29) is 17.7 Å². The van der Waals surface area contributed by atoms with E-state index in [4.69, 9.17) is 21.1 Å². The predicted molar refractivity (Wildman–Crippen MR) is 124 cm³/mol. The SMILES string of the molecule is COc1cc(C=C2SC(=O)N(c3ccc(Cl)cc3)C2=O)ccc1OCc1cccc(F)c1. The van der Waals surface area contributed by atoms with Gasteiger partial charge in [-0.05, 0) is 77.5 Å². The normalized spacial score (nSPS) is 14.8. The van der Waals surface area contributed by atoms with Crippen LogP contribution in [0.2, 0.25) is 5.02 Å². The summed E-state index contributed by atoms with van der Waals surface area (Å²) in [6.45, 7) is 0.174. The van der Waals surface area contributed by atoms with E-state index in [9.17, 15) is 14.0 Å². The molecule has 0 spiro atoms. The molecule has 0 N–H and O–H groups in total. The second-order valence-corrected chi connectivity index (χ2v) is 8.25. The zero-order chi connectivity index (χ0) is 22.7. The van der Waals surface area contributed by atoms with Crippen molar-refractivity contribution in [3.63, 3.8) is 0 Å². The van der Waals surface area contributed by atoms with Gasteiger partial charge in [0.25, 0.3) is 11.1 Å². The number of imide groups is 1. The lowest BCUT2D eigenvalue weighted by Gasteiger charge is -2.12. The number of rotatable bonds is 6. The smallest absolute Gasteiger partial charge is 0.298 e. The molecule has 0 aromatic heterocycles. The molecule has 8 heteroatoms. The maximum absolute atomic E-state index is 13.3. The first kappa shape index (κ1) is 21.9. The molecule has 32 heavy (non-hydrogen) atoms. The van der Waals surface area contributed by atoms with Crippen LogP contribution in [0.1, 0.15) is 11.1 Å². The number of halogens is 2. The fraction of sp³-hybridized carbons (Fsp3) is 0.0833. The van der Waals surface area contributed by atoms with E-state index in [0.717, 1.165) is 16.7 Å². The molecule has 0 atom stereocenters. The molecule has 4 rings (SSSR count). The van der Waals surface area contributed by atoms with Gasteiger partial charge in [-0.1, -0.05) is 29.8 Å². The summed E-state index contributed by atoms with van der Waals surface area (Å²) < 4.78 is 24.5.